The van der Waals surface area contributed by atoms with Gasteiger partial charge in [-0.2, -0.15) is 0 Å². The molecule has 0 aliphatic heterocycles. The maximum absolute atomic E-state index is 13.7. The Hall–Kier alpha value is -1.84. The number of nitrogens with one attached hydrogen (secondary N) is 1. The van der Waals surface area contributed by atoms with E-state index in [0.717, 1.165) is 5.56 Å². The molecule has 0 saturated carbocycles. The van der Waals surface area contributed by atoms with Gasteiger partial charge < -0.3 is 9.72 Å². The Morgan fingerprint density at radius 1 is 1.40 bits per heavy atom. The SMILES string of the molecule is COc1cc(C)cc(F)c1-c1cnc[nH]1. The third-order valence-electron chi connectivity index (χ3n) is 2.19. The average Bonchev–Trinajstić information content (AvgIpc) is 2.69. The van der Waals surface area contributed by atoms with Crippen LogP contribution in [0.5, 0.6) is 5.75 Å². The molecule has 0 unspecified atom stereocenters. The van der Waals surface area contributed by atoms with Crippen molar-refractivity contribution in [3.63, 3.8) is 0 Å². The minimum absolute atomic E-state index is 0.309. The van der Waals surface area contributed by atoms with Crippen molar-refractivity contribution in [3.05, 3.63) is 36.0 Å². The predicted molar refractivity (Wildman–Crippen MR) is 55.3 cm³/mol. The quantitative estimate of drug-likeness (QED) is 0.819. The molecule has 0 atom stereocenters. The summed E-state index contributed by atoms with van der Waals surface area (Å²) in [4.78, 5) is 6.72. The highest BCUT2D eigenvalue weighted by atomic mass is 19.1. The van der Waals surface area contributed by atoms with Gasteiger partial charge in [0.1, 0.15) is 11.6 Å². The standard InChI is InChI=1S/C11H11FN2O/c1-7-3-8(12)11(10(4-7)15-2)9-5-13-6-14-9/h3-6H,1-2H3,(H,13,14). The van der Waals surface area contributed by atoms with Gasteiger partial charge >= 0.3 is 0 Å². The molecule has 0 saturated heterocycles. The molecule has 0 spiro atoms. The smallest absolute Gasteiger partial charge is 0.136 e. The number of hydrogen-bond donors (Lipinski definition) is 1. The van der Waals surface area contributed by atoms with E-state index in [2.05, 4.69) is 9.97 Å². The zero-order valence-electron chi connectivity index (χ0n) is 8.54. The first-order valence-corrected chi connectivity index (χ1v) is 4.55. The summed E-state index contributed by atoms with van der Waals surface area (Å²) in [6.45, 7) is 1.82. The fourth-order valence-electron chi connectivity index (χ4n) is 1.53. The van der Waals surface area contributed by atoms with Crippen LogP contribution in [-0.4, -0.2) is 17.1 Å². The van der Waals surface area contributed by atoms with Gasteiger partial charge in [-0.25, -0.2) is 9.37 Å². The molecular weight excluding hydrogens is 195 g/mol. The third kappa shape index (κ3) is 1.70. The Labute approximate surface area is 86.9 Å². The van der Waals surface area contributed by atoms with Crippen LogP contribution in [0, 0.1) is 12.7 Å². The molecule has 0 aliphatic carbocycles. The molecular formula is C11H11FN2O. The van der Waals surface area contributed by atoms with Crippen LogP contribution in [0.3, 0.4) is 0 Å². The van der Waals surface area contributed by atoms with Gasteiger partial charge in [-0.15, -0.1) is 0 Å². The Kier molecular flexibility index (Phi) is 2.41. The van der Waals surface area contributed by atoms with Gasteiger partial charge in [0.25, 0.3) is 0 Å². The number of benzene rings is 1. The van der Waals surface area contributed by atoms with Crippen LogP contribution < -0.4 is 4.74 Å². The second-order valence-corrected chi connectivity index (χ2v) is 3.29. The van der Waals surface area contributed by atoms with E-state index < -0.39 is 0 Å². The molecule has 78 valence electrons. The van der Waals surface area contributed by atoms with Crippen LogP contribution >= 0.6 is 0 Å². The van der Waals surface area contributed by atoms with Crippen LogP contribution in [0.4, 0.5) is 4.39 Å². The molecule has 0 amide bonds. The normalized spacial score (nSPS) is 10.3. The molecule has 1 aromatic heterocycles. The molecule has 1 N–H and O–H groups in total. The van der Waals surface area contributed by atoms with Gasteiger partial charge in [0.05, 0.1) is 30.9 Å². The molecule has 3 nitrogen and oxygen atoms in total. The fourth-order valence-corrected chi connectivity index (χ4v) is 1.53. The van der Waals surface area contributed by atoms with Crippen molar-refractivity contribution in [2.24, 2.45) is 0 Å². The van der Waals surface area contributed by atoms with Gasteiger partial charge in [0.2, 0.25) is 0 Å². The van der Waals surface area contributed by atoms with Crippen LogP contribution in [0.15, 0.2) is 24.7 Å². The number of hydrogen-bond acceptors (Lipinski definition) is 2. The number of aromatic nitrogens is 2. The van der Waals surface area contributed by atoms with Crippen molar-refractivity contribution in [2.45, 2.75) is 6.92 Å². The lowest BCUT2D eigenvalue weighted by Gasteiger charge is -2.08. The summed E-state index contributed by atoms with van der Waals surface area (Å²) >= 11 is 0. The van der Waals surface area contributed by atoms with E-state index in [0.29, 0.717) is 17.0 Å². The van der Waals surface area contributed by atoms with E-state index in [1.54, 1.807) is 12.3 Å². The highest BCUT2D eigenvalue weighted by Crippen LogP contribution is 2.31. The maximum Gasteiger partial charge on any atom is 0.136 e. The van der Waals surface area contributed by atoms with Gasteiger partial charge in [-0.3, -0.25) is 0 Å². The number of imidazole rings is 1. The lowest BCUT2D eigenvalue weighted by molar-refractivity contribution is 0.413. The molecule has 0 fully saturated rings. The second kappa shape index (κ2) is 3.73. The van der Waals surface area contributed by atoms with Crippen molar-refractivity contribution < 1.29 is 9.13 Å². The first-order valence-electron chi connectivity index (χ1n) is 4.55. The first kappa shape index (κ1) is 9.71. The van der Waals surface area contributed by atoms with E-state index in [1.807, 2.05) is 6.92 Å². The Morgan fingerprint density at radius 2 is 2.20 bits per heavy atom. The van der Waals surface area contributed by atoms with Crippen LogP contribution in [-0.2, 0) is 0 Å². The van der Waals surface area contributed by atoms with Crippen LogP contribution in [0.1, 0.15) is 5.56 Å². The van der Waals surface area contributed by atoms with E-state index in [4.69, 9.17) is 4.74 Å². The average molecular weight is 206 g/mol. The summed E-state index contributed by atoms with van der Waals surface area (Å²) in [6, 6.07) is 3.26. The summed E-state index contributed by atoms with van der Waals surface area (Å²) in [5, 5.41) is 0. The largest absolute Gasteiger partial charge is 0.496 e. The molecule has 2 rings (SSSR count). The van der Waals surface area contributed by atoms with Gasteiger partial charge in [0, 0.05) is 0 Å². The summed E-state index contributed by atoms with van der Waals surface area (Å²) in [6.07, 6.45) is 3.07. The zero-order valence-corrected chi connectivity index (χ0v) is 8.54. The summed E-state index contributed by atoms with van der Waals surface area (Å²) < 4.78 is 18.9. The molecule has 2 aromatic rings. The molecule has 1 aromatic carbocycles. The highest BCUT2D eigenvalue weighted by molar-refractivity contribution is 5.67. The number of aromatic amines is 1. The first-order chi connectivity index (χ1) is 7.22. The second-order valence-electron chi connectivity index (χ2n) is 3.29. The zero-order chi connectivity index (χ0) is 10.8. The number of H-pyrrole nitrogens is 1. The molecule has 0 aliphatic rings. The number of nitrogens with zero attached hydrogens (tertiary/aromatic N) is 1. The number of halogens is 1. The topological polar surface area (TPSA) is 37.9 Å². The Morgan fingerprint density at radius 3 is 2.80 bits per heavy atom. The Bertz CT molecular complexity index is 466. The lowest BCUT2D eigenvalue weighted by Crippen LogP contribution is -1.93. The van der Waals surface area contributed by atoms with Crippen molar-refractivity contribution in [1.29, 1.82) is 0 Å². The van der Waals surface area contributed by atoms with Crippen LogP contribution in [0.2, 0.25) is 0 Å². The van der Waals surface area contributed by atoms with Gasteiger partial charge in [-0.1, -0.05) is 0 Å². The summed E-state index contributed by atoms with van der Waals surface area (Å²) in [5.74, 6) is 0.202. The minimum atomic E-state index is -0.309. The lowest BCUT2D eigenvalue weighted by atomic mass is 10.1. The van der Waals surface area contributed by atoms with Crippen LogP contribution in [0.25, 0.3) is 11.3 Å². The van der Waals surface area contributed by atoms with E-state index in [-0.39, 0.29) is 5.82 Å². The summed E-state index contributed by atoms with van der Waals surface area (Å²) in [7, 11) is 1.52. The maximum atomic E-state index is 13.7. The molecule has 0 bridgehead atoms. The van der Waals surface area contributed by atoms with Gasteiger partial charge in [-0.05, 0) is 24.6 Å². The predicted octanol–water partition coefficient (Wildman–Crippen LogP) is 2.53. The van der Waals surface area contributed by atoms with Crippen molar-refractivity contribution in [2.75, 3.05) is 7.11 Å². The number of rotatable bonds is 2. The van der Waals surface area contributed by atoms with E-state index >= 15 is 0 Å². The van der Waals surface area contributed by atoms with Gasteiger partial charge in [0.15, 0.2) is 0 Å². The highest BCUT2D eigenvalue weighted by Gasteiger charge is 2.13. The molecule has 15 heavy (non-hydrogen) atoms. The molecule has 0 radical (unpaired) electrons. The molecule has 1 heterocycles. The third-order valence-corrected chi connectivity index (χ3v) is 2.19. The monoisotopic (exact) mass is 206 g/mol. The van der Waals surface area contributed by atoms with Crippen molar-refractivity contribution >= 4 is 0 Å². The fraction of sp³-hybridized carbons (Fsp3) is 0.182. The number of methoxy groups -OCH3 is 1. The van der Waals surface area contributed by atoms with E-state index in [9.17, 15) is 4.39 Å². The van der Waals surface area contributed by atoms with Crippen molar-refractivity contribution in [3.8, 4) is 17.0 Å². The van der Waals surface area contributed by atoms with E-state index in [1.165, 1.54) is 19.5 Å². The number of ether oxygens (including phenoxy) is 1. The molecule has 4 heteroatoms. The van der Waals surface area contributed by atoms with Crippen molar-refractivity contribution in [1.82, 2.24) is 9.97 Å². The Balaban J connectivity index is 2.64. The minimum Gasteiger partial charge on any atom is -0.496 e. The summed E-state index contributed by atoms with van der Waals surface area (Å²) in [5.41, 5.74) is 1.86. The number of aryl methyl sites for hydroxylation is 1.